The van der Waals surface area contributed by atoms with Crippen LogP contribution in [-0.4, -0.2) is 13.2 Å². The first-order valence-corrected chi connectivity index (χ1v) is 12.1. The van der Waals surface area contributed by atoms with Crippen molar-refractivity contribution in [3.8, 4) is 11.5 Å². The Kier molecular flexibility index (Phi) is 8.43. The Hall–Kier alpha value is -3.00. The number of unbranched alkanes of at least 4 members (excludes halogenated alkanes) is 7. The summed E-state index contributed by atoms with van der Waals surface area (Å²) in [4.78, 5) is 0. The van der Waals surface area contributed by atoms with E-state index in [1.807, 2.05) is 0 Å². The van der Waals surface area contributed by atoms with E-state index in [9.17, 15) is 0 Å². The molecule has 0 aliphatic carbocycles. The van der Waals surface area contributed by atoms with Crippen molar-refractivity contribution in [3.05, 3.63) is 84.9 Å². The molecule has 4 aromatic rings. The van der Waals surface area contributed by atoms with Gasteiger partial charge in [0, 0.05) is 10.8 Å². The lowest BCUT2D eigenvalue weighted by Crippen LogP contribution is -1.98. The number of fused-ring (bicyclic) bond motifs is 2. The Morgan fingerprint density at radius 1 is 0.375 bits per heavy atom. The van der Waals surface area contributed by atoms with Crippen molar-refractivity contribution in [3.63, 3.8) is 0 Å². The van der Waals surface area contributed by atoms with Crippen molar-refractivity contribution in [2.45, 2.75) is 51.4 Å². The Balaban J connectivity index is 1.02. The molecule has 0 fully saturated rings. The van der Waals surface area contributed by atoms with Crippen molar-refractivity contribution in [2.24, 2.45) is 0 Å². The first-order chi connectivity index (χ1) is 15.9. The van der Waals surface area contributed by atoms with Crippen LogP contribution >= 0.6 is 0 Å². The van der Waals surface area contributed by atoms with E-state index in [2.05, 4.69) is 84.9 Å². The minimum Gasteiger partial charge on any atom is -0.493 e. The van der Waals surface area contributed by atoms with Crippen LogP contribution < -0.4 is 9.47 Å². The number of hydrogen-bond donors (Lipinski definition) is 0. The van der Waals surface area contributed by atoms with E-state index >= 15 is 0 Å². The fraction of sp³-hybridized carbons (Fsp3) is 0.333. The fourth-order valence-corrected chi connectivity index (χ4v) is 4.27. The molecule has 166 valence electrons. The summed E-state index contributed by atoms with van der Waals surface area (Å²) in [7, 11) is 0. The Morgan fingerprint density at radius 3 is 1.22 bits per heavy atom. The Labute approximate surface area is 192 Å². The molecule has 0 unspecified atom stereocenters. The molecule has 0 amide bonds. The zero-order valence-corrected chi connectivity index (χ0v) is 19.0. The molecule has 32 heavy (non-hydrogen) atoms. The summed E-state index contributed by atoms with van der Waals surface area (Å²) in [6.45, 7) is 1.61. The van der Waals surface area contributed by atoms with Gasteiger partial charge in [0.25, 0.3) is 0 Å². The molecule has 0 aliphatic rings. The van der Waals surface area contributed by atoms with Crippen LogP contribution in [0, 0.1) is 0 Å². The summed E-state index contributed by atoms with van der Waals surface area (Å²) < 4.78 is 12.1. The van der Waals surface area contributed by atoms with Crippen LogP contribution in [-0.2, 0) is 0 Å². The lowest BCUT2D eigenvalue weighted by atomic mass is 10.1. The van der Waals surface area contributed by atoms with Crippen molar-refractivity contribution in [1.82, 2.24) is 0 Å². The van der Waals surface area contributed by atoms with Crippen LogP contribution in [0.25, 0.3) is 21.5 Å². The van der Waals surface area contributed by atoms with Gasteiger partial charge in [-0.2, -0.15) is 0 Å². The molecule has 0 heterocycles. The van der Waals surface area contributed by atoms with Gasteiger partial charge in [0.2, 0.25) is 0 Å². The molecule has 0 bridgehead atoms. The fourth-order valence-electron chi connectivity index (χ4n) is 4.27. The number of ether oxygens (including phenoxy) is 2. The summed E-state index contributed by atoms with van der Waals surface area (Å²) in [5.74, 6) is 2.02. The smallest absolute Gasteiger partial charge is 0.127 e. The van der Waals surface area contributed by atoms with Crippen molar-refractivity contribution in [2.75, 3.05) is 13.2 Å². The second-order valence-corrected chi connectivity index (χ2v) is 8.48. The van der Waals surface area contributed by atoms with Gasteiger partial charge in [-0.05, 0) is 35.7 Å². The standard InChI is InChI=1S/C30H34O2/c1(3-5-11-23-31-29-21-13-17-25-15-7-9-19-27(25)29)2-4-6-12-24-32-30-22-14-18-26-16-8-10-20-28(26)30/h7-10,13-22H,1-6,11-12,23-24H2. The Morgan fingerprint density at radius 2 is 0.750 bits per heavy atom. The number of rotatable bonds is 13. The maximum atomic E-state index is 6.04. The second-order valence-electron chi connectivity index (χ2n) is 8.48. The highest BCUT2D eigenvalue weighted by molar-refractivity contribution is 5.88. The van der Waals surface area contributed by atoms with Gasteiger partial charge in [-0.1, -0.05) is 111 Å². The molecule has 2 nitrogen and oxygen atoms in total. The SMILES string of the molecule is c1ccc2c(OCCCCCCCCCCOc3cccc4ccccc34)cccc2c1. The summed E-state index contributed by atoms with van der Waals surface area (Å²) in [5.41, 5.74) is 0. The quantitative estimate of drug-likeness (QED) is 0.199. The molecule has 0 aromatic heterocycles. The maximum absolute atomic E-state index is 6.04. The van der Waals surface area contributed by atoms with Gasteiger partial charge >= 0.3 is 0 Å². The zero-order chi connectivity index (χ0) is 21.8. The monoisotopic (exact) mass is 426 g/mol. The van der Waals surface area contributed by atoms with Crippen LogP contribution in [0.5, 0.6) is 11.5 Å². The molecule has 4 aromatic carbocycles. The van der Waals surface area contributed by atoms with E-state index in [4.69, 9.17) is 9.47 Å². The lowest BCUT2D eigenvalue weighted by Gasteiger charge is -2.10. The lowest BCUT2D eigenvalue weighted by molar-refractivity contribution is 0.304. The van der Waals surface area contributed by atoms with Gasteiger partial charge in [-0.15, -0.1) is 0 Å². The minimum atomic E-state index is 0.805. The molecule has 0 aliphatic heterocycles. The Bertz CT molecular complexity index is 1000. The molecule has 0 spiro atoms. The molecule has 2 heteroatoms. The third-order valence-electron chi connectivity index (χ3n) is 6.05. The minimum absolute atomic E-state index is 0.805. The van der Waals surface area contributed by atoms with E-state index in [-0.39, 0.29) is 0 Å². The van der Waals surface area contributed by atoms with Gasteiger partial charge in [0.1, 0.15) is 11.5 Å². The predicted octanol–water partition coefficient (Wildman–Crippen LogP) is 8.57. The normalized spacial score (nSPS) is 11.1. The molecule has 0 saturated carbocycles. The van der Waals surface area contributed by atoms with Gasteiger partial charge in [-0.25, -0.2) is 0 Å². The summed E-state index contributed by atoms with van der Waals surface area (Å²) in [5, 5.41) is 4.90. The third kappa shape index (κ3) is 6.26. The molecular weight excluding hydrogens is 392 g/mol. The molecule has 0 radical (unpaired) electrons. The first-order valence-electron chi connectivity index (χ1n) is 12.1. The average molecular weight is 427 g/mol. The summed E-state index contributed by atoms with van der Waals surface area (Å²) in [6.07, 6.45) is 9.97. The van der Waals surface area contributed by atoms with Gasteiger partial charge in [0.05, 0.1) is 13.2 Å². The zero-order valence-electron chi connectivity index (χ0n) is 19.0. The van der Waals surface area contributed by atoms with E-state index < -0.39 is 0 Å². The molecule has 0 atom stereocenters. The van der Waals surface area contributed by atoms with Crippen LogP contribution in [0.2, 0.25) is 0 Å². The van der Waals surface area contributed by atoms with Crippen molar-refractivity contribution in [1.29, 1.82) is 0 Å². The number of benzene rings is 4. The molecular formula is C30H34O2. The highest BCUT2D eigenvalue weighted by Gasteiger charge is 2.02. The van der Waals surface area contributed by atoms with Gasteiger partial charge < -0.3 is 9.47 Å². The third-order valence-corrected chi connectivity index (χ3v) is 6.05. The van der Waals surface area contributed by atoms with E-state index in [1.54, 1.807) is 0 Å². The largest absolute Gasteiger partial charge is 0.493 e. The molecule has 0 N–H and O–H groups in total. The predicted molar refractivity (Wildman–Crippen MR) is 136 cm³/mol. The topological polar surface area (TPSA) is 18.5 Å². The molecule has 4 rings (SSSR count). The highest BCUT2D eigenvalue weighted by Crippen LogP contribution is 2.26. The maximum Gasteiger partial charge on any atom is 0.127 e. The second kappa shape index (κ2) is 12.1. The van der Waals surface area contributed by atoms with Crippen LogP contribution in [0.4, 0.5) is 0 Å². The van der Waals surface area contributed by atoms with Crippen LogP contribution in [0.1, 0.15) is 51.4 Å². The first kappa shape index (κ1) is 22.2. The summed E-state index contributed by atoms with van der Waals surface area (Å²) in [6, 6.07) is 29.4. The van der Waals surface area contributed by atoms with Gasteiger partial charge in [-0.3, -0.25) is 0 Å². The van der Waals surface area contributed by atoms with E-state index in [0.29, 0.717) is 0 Å². The van der Waals surface area contributed by atoms with Crippen LogP contribution in [0.3, 0.4) is 0 Å². The highest BCUT2D eigenvalue weighted by atomic mass is 16.5. The van der Waals surface area contributed by atoms with Crippen molar-refractivity contribution >= 4 is 21.5 Å². The number of hydrogen-bond acceptors (Lipinski definition) is 2. The van der Waals surface area contributed by atoms with Crippen molar-refractivity contribution < 1.29 is 9.47 Å². The summed E-state index contributed by atoms with van der Waals surface area (Å²) >= 11 is 0. The average Bonchev–Trinajstić information content (AvgIpc) is 2.85. The van der Waals surface area contributed by atoms with Crippen LogP contribution in [0.15, 0.2) is 84.9 Å². The molecule has 0 saturated heterocycles. The van der Waals surface area contributed by atoms with E-state index in [0.717, 1.165) is 37.6 Å². The van der Waals surface area contributed by atoms with Gasteiger partial charge in [0.15, 0.2) is 0 Å². The van der Waals surface area contributed by atoms with E-state index in [1.165, 1.54) is 60.1 Å².